The van der Waals surface area contributed by atoms with E-state index < -0.39 is 11.7 Å². The molecule has 4 nitrogen and oxygen atoms in total. The van der Waals surface area contributed by atoms with Crippen LogP contribution in [0.25, 0.3) is 0 Å². The summed E-state index contributed by atoms with van der Waals surface area (Å²) in [6.45, 7) is 6.84. The third-order valence-electron chi connectivity index (χ3n) is 5.74. The summed E-state index contributed by atoms with van der Waals surface area (Å²) in [6.07, 6.45) is -3.14. The molecule has 0 aliphatic carbocycles. The second-order valence-corrected chi connectivity index (χ2v) is 9.83. The second-order valence-electron chi connectivity index (χ2n) is 9.40. The number of benzene rings is 2. The average Bonchev–Trinajstić information content (AvgIpc) is 2.80. The van der Waals surface area contributed by atoms with E-state index in [9.17, 15) is 18.0 Å². The lowest BCUT2D eigenvalue weighted by molar-refractivity contribution is -0.137. The number of carbonyl (C=O) groups is 1. The summed E-state index contributed by atoms with van der Waals surface area (Å²) >= 11 is 6.16. The first-order valence-corrected chi connectivity index (χ1v) is 11.6. The molecular formula is C27H29ClF3N3O. The molecule has 0 atom stereocenters. The molecule has 0 spiro atoms. The number of nitrogens with zero attached hydrogens (tertiary/aromatic N) is 2. The molecule has 1 aromatic heterocycles. The molecule has 1 amide bonds. The molecule has 0 unspecified atom stereocenters. The van der Waals surface area contributed by atoms with Gasteiger partial charge in [-0.05, 0) is 46.9 Å². The number of pyridine rings is 1. The van der Waals surface area contributed by atoms with Crippen LogP contribution < -0.4 is 5.32 Å². The molecule has 3 aromatic rings. The van der Waals surface area contributed by atoms with Gasteiger partial charge in [-0.2, -0.15) is 13.2 Å². The SMILES string of the molecule is CNc1ccc(Cl)cc1C(=O)N(CCc1cc(C(F)(F)F)ccn1)Cc1ccc(C(C)(C)C)cc1. The highest BCUT2D eigenvalue weighted by molar-refractivity contribution is 6.31. The molecule has 35 heavy (non-hydrogen) atoms. The van der Waals surface area contributed by atoms with Gasteiger partial charge in [-0.25, -0.2) is 0 Å². The van der Waals surface area contributed by atoms with Gasteiger partial charge in [-0.1, -0.05) is 56.6 Å². The van der Waals surface area contributed by atoms with Crippen LogP contribution in [0.5, 0.6) is 0 Å². The van der Waals surface area contributed by atoms with E-state index in [2.05, 4.69) is 31.1 Å². The van der Waals surface area contributed by atoms with Crippen LogP contribution in [0.15, 0.2) is 60.8 Å². The molecule has 186 valence electrons. The Hall–Kier alpha value is -3.06. The quantitative estimate of drug-likeness (QED) is 0.378. The van der Waals surface area contributed by atoms with Crippen LogP contribution >= 0.6 is 11.6 Å². The molecule has 1 N–H and O–H groups in total. The van der Waals surface area contributed by atoms with E-state index in [-0.39, 0.29) is 36.5 Å². The van der Waals surface area contributed by atoms with Crippen molar-refractivity contribution in [1.82, 2.24) is 9.88 Å². The summed E-state index contributed by atoms with van der Waals surface area (Å²) < 4.78 is 39.4. The van der Waals surface area contributed by atoms with Crippen molar-refractivity contribution in [1.29, 1.82) is 0 Å². The molecular weight excluding hydrogens is 475 g/mol. The molecule has 0 bridgehead atoms. The largest absolute Gasteiger partial charge is 0.416 e. The van der Waals surface area contributed by atoms with E-state index in [0.717, 1.165) is 23.9 Å². The first-order valence-electron chi connectivity index (χ1n) is 11.3. The fourth-order valence-corrected chi connectivity index (χ4v) is 3.88. The Morgan fingerprint density at radius 2 is 1.69 bits per heavy atom. The van der Waals surface area contributed by atoms with Crippen molar-refractivity contribution in [2.24, 2.45) is 0 Å². The van der Waals surface area contributed by atoms with Gasteiger partial charge in [0.05, 0.1) is 11.1 Å². The van der Waals surface area contributed by atoms with Crippen molar-refractivity contribution >= 4 is 23.2 Å². The highest BCUT2D eigenvalue weighted by Crippen LogP contribution is 2.29. The lowest BCUT2D eigenvalue weighted by atomic mass is 9.87. The normalized spacial score (nSPS) is 11.9. The first kappa shape index (κ1) is 26.5. The van der Waals surface area contributed by atoms with Crippen LogP contribution in [0.4, 0.5) is 18.9 Å². The number of halogens is 4. The van der Waals surface area contributed by atoms with Gasteiger partial charge in [-0.3, -0.25) is 9.78 Å². The summed E-state index contributed by atoms with van der Waals surface area (Å²) in [5.74, 6) is -0.274. The van der Waals surface area contributed by atoms with Crippen LogP contribution in [0, 0.1) is 0 Å². The predicted molar refractivity (Wildman–Crippen MR) is 134 cm³/mol. The van der Waals surface area contributed by atoms with Crippen LogP contribution in [-0.2, 0) is 24.6 Å². The van der Waals surface area contributed by atoms with Gasteiger partial charge in [0.25, 0.3) is 5.91 Å². The standard InChI is InChI=1S/C27H29ClF3N3O/c1-26(2,3)19-7-5-18(6-8-19)17-34(25(35)23-16-21(28)9-10-24(23)32-4)14-12-22-15-20(11-13-33-22)27(29,30)31/h5-11,13,15-16,32H,12,14,17H2,1-4H3. The number of anilines is 1. The van der Waals surface area contributed by atoms with Crippen LogP contribution in [0.3, 0.4) is 0 Å². The molecule has 2 aromatic carbocycles. The first-order chi connectivity index (χ1) is 16.4. The maximum atomic E-state index is 13.6. The fraction of sp³-hybridized carbons (Fsp3) is 0.333. The summed E-state index contributed by atoms with van der Waals surface area (Å²) in [6, 6.07) is 15.0. The Labute approximate surface area is 209 Å². The minimum atomic E-state index is -4.45. The molecule has 0 radical (unpaired) electrons. The average molecular weight is 504 g/mol. The van der Waals surface area contributed by atoms with Gasteiger partial charge in [0, 0.05) is 49.2 Å². The van der Waals surface area contributed by atoms with Gasteiger partial charge < -0.3 is 10.2 Å². The van der Waals surface area contributed by atoms with E-state index >= 15 is 0 Å². The number of alkyl halides is 3. The number of carbonyl (C=O) groups excluding carboxylic acids is 1. The zero-order valence-electron chi connectivity index (χ0n) is 20.2. The Morgan fingerprint density at radius 1 is 1.00 bits per heavy atom. The minimum Gasteiger partial charge on any atom is -0.387 e. The van der Waals surface area contributed by atoms with Gasteiger partial charge in [0.2, 0.25) is 0 Å². The summed E-state index contributed by atoms with van der Waals surface area (Å²) in [5, 5.41) is 3.42. The monoisotopic (exact) mass is 503 g/mol. The van der Waals surface area contributed by atoms with Crippen molar-refractivity contribution in [3.8, 4) is 0 Å². The fourth-order valence-electron chi connectivity index (χ4n) is 3.71. The van der Waals surface area contributed by atoms with E-state index in [4.69, 9.17) is 11.6 Å². The molecule has 0 aliphatic heterocycles. The Bertz CT molecular complexity index is 1170. The summed E-state index contributed by atoms with van der Waals surface area (Å²) in [5.41, 5.74) is 2.58. The van der Waals surface area contributed by atoms with Crippen LogP contribution in [0.2, 0.25) is 5.02 Å². The zero-order valence-corrected chi connectivity index (χ0v) is 21.0. The van der Waals surface area contributed by atoms with Crippen molar-refractivity contribution in [2.45, 2.75) is 45.3 Å². The number of nitrogens with one attached hydrogen (secondary N) is 1. The van der Waals surface area contributed by atoms with Crippen molar-refractivity contribution in [3.63, 3.8) is 0 Å². The number of hydrogen-bond donors (Lipinski definition) is 1. The van der Waals surface area contributed by atoms with Gasteiger partial charge in [0.15, 0.2) is 0 Å². The lowest BCUT2D eigenvalue weighted by Gasteiger charge is -2.25. The number of rotatable bonds is 7. The molecule has 8 heteroatoms. The number of hydrogen-bond acceptors (Lipinski definition) is 3. The van der Waals surface area contributed by atoms with E-state index in [1.165, 1.54) is 5.56 Å². The predicted octanol–water partition coefficient (Wildman–Crippen LogP) is 6.98. The van der Waals surface area contributed by atoms with Gasteiger partial charge >= 0.3 is 6.18 Å². The topological polar surface area (TPSA) is 45.2 Å². The highest BCUT2D eigenvalue weighted by Gasteiger charge is 2.30. The summed E-state index contributed by atoms with van der Waals surface area (Å²) in [4.78, 5) is 19.3. The van der Waals surface area contributed by atoms with Gasteiger partial charge in [-0.15, -0.1) is 0 Å². The highest BCUT2D eigenvalue weighted by atomic mass is 35.5. The third-order valence-corrected chi connectivity index (χ3v) is 5.98. The molecule has 3 rings (SSSR count). The third kappa shape index (κ3) is 6.98. The van der Waals surface area contributed by atoms with E-state index in [1.807, 2.05) is 24.3 Å². The summed E-state index contributed by atoms with van der Waals surface area (Å²) in [7, 11) is 1.71. The molecule has 0 fully saturated rings. The molecule has 1 heterocycles. The van der Waals surface area contributed by atoms with Crippen LogP contribution in [-0.4, -0.2) is 29.4 Å². The Balaban J connectivity index is 1.90. The smallest absolute Gasteiger partial charge is 0.387 e. The molecule has 0 saturated carbocycles. The minimum absolute atomic E-state index is 0.00824. The van der Waals surface area contributed by atoms with Crippen molar-refractivity contribution in [2.75, 3.05) is 18.9 Å². The Kier molecular flexibility index (Phi) is 8.11. The molecule has 0 saturated heterocycles. The van der Waals surface area contributed by atoms with Gasteiger partial charge in [0.1, 0.15) is 0 Å². The zero-order chi connectivity index (χ0) is 25.8. The van der Waals surface area contributed by atoms with Crippen LogP contribution in [0.1, 0.15) is 53.5 Å². The number of amides is 1. The molecule has 0 aliphatic rings. The maximum Gasteiger partial charge on any atom is 0.416 e. The number of aromatic nitrogens is 1. The second kappa shape index (κ2) is 10.7. The van der Waals surface area contributed by atoms with E-state index in [1.54, 1.807) is 30.1 Å². The lowest BCUT2D eigenvalue weighted by Crippen LogP contribution is -2.33. The van der Waals surface area contributed by atoms with Crippen molar-refractivity contribution < 1.29 is 18.0 Å². The Morgan fingerprint density at radius 3 is 2.29 bits per heavy atom. The van der Waals surface area contributed by atoms with Crippen molar-refractivity contribution in [3.05, 3.63) is 93.8 Å². The maximum absolute atomic E-state index is 13.6. The van der Waals surface area contributed by atoms with E-state index in [0.29, 0.717) is 16.3 Å².